The second kappa shape index (κ2) is 9.25. The van der Waals surface area contributed by atoms with Crippen LogP contribution in [0.3, 0.4) is 0 Å². The van der Waals surface area contributed by atoms with Gasteiger partial charge < -0.3 is 0 Å². The second-order valence-corrected chi connectivity index (χ2v) is 13.1. The molecule has 0 bridgehead atoms. The van der Waals surface area contributed by atoms with Crippen molar-refractivity contribution in [2.75, 3.05) is 26.7 Å². The Bertz CT molecular complexity index is 1080. The summed E-state index contributed by atoms with van der Waals surface area (Å²) in [7, 11) is -2.19. The highest BCUT2D eigenvalue weighted by atomic mass is 32.2. The molecule has 4 fully saturated rings. The zero-order valence-electron chi connectivity index (χ0n) is 21.3. The number of carbonyl (C=O) groups excluding carboxylic acids is 2. The summed E-state index contributed by atoms with van der Waals surface area (Å²) in [6.45, 7) is 9.65. The van der Waals surface area contributed by atoms with Gasteiger partial charge in [-0.1, -0.05) is 45.0 Å². The van der Waals surface area contributed by atoms with Gasteiger partial charge in [0, 0.05) is 32.6 Å². The van der Waals surface area contributed by atoms with E-state index in [-0.39, 0.29) is 42.2 Å². The molecule has 0 aromatic heterocycles. The number of rotatable bonds is 7. The van der Waals surface area contributed by atoms with E-state index in [1.807, 2.05) is 26.0 Å². The van der Waals surface area contributed by atoms with Crippen LogP contribution in [0.5, 0.6) is 0 Å². The SMILES string of the molecule is C[C@@H]1C(=O)N(C(=O)C2[C@@H](C)[C@H]2C)[C@H]2CCN(S(=O)(=O)N(C)Cc3ccc(CN4CCCC4)cc3)[C@H]12. The predicted molar refractivity (Wildman–Crippen MR) is 133 cm³/mol. The molecule has 1 saturated carbocycles. The molecule has 4 aliphatic rings. The number of hydrogen-bond donors (Lipinski definition) is 0. The lowest BCUT2D eigenvalue weighted by Crippen LogP contribution is -2.48. The average Bonchev–Trinajstić information content (AvgIpc) is 3.27. The van der Waals surface area contributed by atoms with Crippen LogP contribution in [0.4, 0.5) is 0 Å². The van der Waals surface area contributed by atoms with E-state index in [0.717, 1.165) is 25.2 Å². The highest BCUT2D eigenvalue weighted by Crippen LogP contribution is 2.49. The van der Waals surface area contributed by atoms with Gasteiger partial charge in [0.15, 0.2) is 0 Å². The highest BCUT2D eigenvalue weighted by molar-refractivity contribution is 7.86. The van der Waals surface area contributed by atoms with Crippen molar-refractivity contribution >= 4 is 22.0 Å². The van der Waals surface area contributed by atoms with Gasteiger partial charge >= 0.3 is 0 Å². The van der Waals surface area contributed by atoms with E-state index < -0.39 is 22.2 Å². The number of likely N-dealkylation sites (tertiary alicyclic amines) is 2. The molecular weight excluding hydrogens is 464 g/mol. The van der Waals surface area contributed by atoms with Crippen LogP contribution in [0.15, 0.2) is 24.3 Å². The van der Waals surface area contributed by atoms with Crippen LogP contribution in [-0.2, 0) is 32.9 Å². The Morgan fingerprint density at radius 2 is 1.60 bits per heavy atom. The molecule has 1 aliphatic carbocycles. The molecule has 1 aromatic carbocycles. The molecule has 9 heteroatoms. The maximum absolute atomic E-state index is 13.6. The maximum Gasteiger partial charge on any atom is 0.282 e. The quantitative estimate of drug-likeness (QED) is 0.535. The molecule has 5 rings (SSSR count). The smallest absolute Gasteiger partial charge is 0.282 e. The minimum atomic E-state index is -3.78. The van der Waals surface area contributed by atoms with Gasteiger partial charge in [0.25, 0.3) is 10.2 Å². The number of fused-ring (bicyclic) bond motifs is 1. The first-order chi connectivity index (χ1) is 16.6. The van der Waals surface area contributed by atoms with Crippen LogP contribution in [0.25, 0.3) is 0 Å². The Balaban J connectivity index is 1.26. The van der Waals surface area contributed by atoms with Crippen molar-refractivity contribution in [3.63, 3.8) is 0 Å². The van der Waals surface area contributed by atoms with Crippen molar-refractivity contribution in [1.29, 1.82) is 0 Å². The van der Waals surface area contributed by atoms with E-state index in [1.165, 1.54) is 31.9 Å². The number of amides is 2. The molecule has 0 N–H and O–H groups in total. The Morgan fingerprint density at radius 1 is 1.00 bits per heavy atom. The second-order valence-electron chi connectivity index (χ2n) is 11.1. The molecule has 192 valence electrons. The highest BCUT2D eigenvalue weighted by Gasteiger charge is 2.60. The average molecular weight is 503 g/mol. The Kier molecular flexibility index (Phi) is 6.57. The number of hydrogen-bond acceptors (Lipinski definition) is 5. The fourth-order valence-corrected chi connectivity index (χ4v) is 8.08. The fourth-order valence-electron chi connectivity index (χ4n) is 6.45. The van der Waals surface area contributed by atoms with Gasteiger partial charge in [-0.15, -0.1) is 0 Å². The third-order valence-electron chi connectivity index (χ3n) is 8.91. The lowest BCUT2D eigenvalue weighted by atomic mass is 10.0. The zero-order chi connectivity index (χ0) is 25.1. The number of carbonyl (C=O) groups is 2. The molecule has 3 aliphatic heterocycles. The van der Waals surface area contributed by atoms with Gasteiger partial charge in [-0.05, 0) is 55.3 Å². The molecule has 0 radical (unpaired) electrons. The third kappa shape index (κ3) is 4.34. The number of benzene rings is 1. The van der Waals surface area contributed by atoms with E-state index in [4.69, 9.17) is 0 Å². The number of imide groups is 1. The van der Waals surface area contributed by atoms with Gasteiger partial charge in [0.05, 0.1) is 18.0 Å². The van der Waals surface area contributed by atoms with Crippen LogP contribution < -0.4 is 0 Å². The maximum atomic E-state index is 13.6. The third-order valence-corrected chi connectivity index (χ3v) is 10.8. The monoisotopic (exact) mass is 502 g/mol. The minimum absolute atomic E-state index is 0.115. The van der Waals surface area contributed by atoms with Gasteiger partial charge in [0.1, 0.15) is 0 Å². The number of nitrogens with zero attached hydrogens (tertiary/aromatic N) is 4. The molecular formula is C26H38N4O4S. The van der Waals surface area contributed by atoms with Gasteiger partial charge in [-0.2, -0.15) is 17.0 Å². The molecule has 35 heavy (non-hydrogen) atoms. The summed E-state index contributed by atoms with van der Waals surface area (Å²) < 4.78 is 30.0. The summed E-state index contributed by atoms with van der Waals surface area (Å²) in [4.78, 5) is 30.0. The first-order valence-corrected chi connectivity index (χ1v) is 14.4. The molecule has 6 atom stereocenters. The first kappa shape index (κ1) is 24.9. The standard InChI is InChI=1S/C26H38N4O4S/c1-17-18(2)23(17)26(32)30-22-11-14-29(24(22)19(3)25(30)31)35(33,34)27(4)15-20-7-9-21(10-8-20)16-28-12-5-6-13-28/h7-10,17-19,22-24H,5-6,11-16H2,1-4H3/t17-,18+,19-,22-,23?,24+/m0/s1. The fraction of sp³-hybridized carbons (Fsp3) is 0.692. The minimum Gasteiger partial charge on any atom is -0.299 e. The first-order valence-electron chi connectivity index (χ1n) is 13.0. The normalized spacial score (nSPS) is 33.6. The molecule has 3 saturated heterocycles. The van der Waals surface area contributed by atoms with E-state index in [2.05, 4.69) is 17.0 Å². The van der Waals surface area contributed by atoms with E-state index in [0.29, 0.717) is 13.0 Å². The van der Waals surface area contributed by atoms with Crippen molar-refractivity contribution in [2.24, 2.45) is 23.7 Å². The van der Waals surface area contributed by atoms with Gasteiger partial charge in [0.2, 0.25) is 11.8 Å². The topological polar surface area (TPSA) is 81.2 Å². The van der Waals surface area contributed by atoms with Crippen LogP contribution in [0.1, 0.15) is 51.2 Å². The summed E-state index contributed by atoms with van der Waals surface area (Å²) in [6, 6.07) is 7.32. The van der Waals surface area contributed by atoms with Gasteiger partial charge in [-0.25, -0.2) is 0 Å². The zero-order valence-corrected chi connectivity index (χ0v) is 22.1. The summed E-state index contributed by atoms with van der Waals surface area (Å²) in [5.74, 6) is -0.434. The summed E-state index contributed by atoms with van der Waals surface area (Å²) in [5, 5.41) is 0. The van der Waals surface area contributed by atoms with Crippen LogP contribution in [0.2, 0.25) is 0 Å². The van der Waals surface area contributed by atoms with E-state index in [9.17, 15) is 18.0 Å². The van der Waals surface area contributed by atoms with E-state index >= 15 is 0 Å². The van der Waals surface area contributed by atoms with Crippen molar-refractivity contribution < 1.29 is 18.0 Å². The molecule has 1 aromatic rings. The predicted octanol–water partition coefficient (Wildman–Crippen LogP) is 2.31. The largest absolute Gasteiger partial charge is 0.299 e. The van der Waals surface area contributed by atoms with Crippen molar-refractivity contribution in [3.8, 4) is 0 Å². The van der Waals surface area contributed by atoms with E-state index in [1.54, 1.807) is 14.0 Å². The Morgan fingerprint density at radius 3 is 2.20 bits per heavy atom. The van der Waals surface area contributed by atoms with Crippen molar-refractivity contribution in [2.45, 2.75) is 65.2 Å². The molecule has 2 amide bonds. The van der Waals surface area contributed by atoms with Gasteiger partial charge in [-0.3, -0.25) is 19.4 Å². The molecule has 3 heterocycles. The van der Waals surface area contributed by atoms with Crippen LogP contribution in [0, 0.1) is 23.7 Å². The van der Waals surface area contributed by atoms with Crippen LogP contribution in [-0.4, -0.2) is 77.4 Å². The lowest BCUT2D eigenvalue weighted by Gasteiger charge is -2.29. The summed E-state index contributed by atoms with van der Waals surface area (Å²) >= 11 is 0. The Hall–Kier alpha value is -1.81. The van der Waals surface area contributed by atoms with Crippen molar-refractivity contribution in [1.82, 2.24) is 18.4 Å². The summed E-state index contributed by atoms with van der Waals surface area (Å²) in [6.07, 6.45) is 3.02. The molecule has 8 nitrogen and oxygen atoms in total. The Labute approximate surface area is 209 Å². The lowest BCUT2D eigenvalue weighted by molar-refractivity contribution is -0.146. The molecule has 0 spiro atoms. The van der Waals surface area contributed by atoms with Crippen molar-refractivity contribution in [3.05, 3.63) is 35.4 Å². The summed E-state index contributed by atoms with van der Waals surface area (Å²) in [5.41, 5.74) is 2.17. The molecule has 1 unspecified atom stereocenters. The van der Waals surface area contributed by atoms with Crippen LogP contribution >= 0.6 is 0 Å².